The highest BCUT2D eigenvalue weighted by Gasteiger charge is 2.36. The Morgan fingerprint density at radius 2 is 1.96 bits per heavy atom. The first kappa shape index (κ1) is 17.3. The Labute approximate surface area is 148 Å². The second kappa shape index (κ2) is 7.57. The summed E-state index contributed by atoms with van der Waals surface area (Å²) in [6, 6.07) is 7.85. The molecule has 1 atom stereocenters. The van der Waals surface area contributed by atoms with E-state index in [0.717, 1.165) is 0 Å². The van der Waals surface area contributed by atoms with Crippen LogP contribution in [-0.4, -0.2) is 41.8 Å². The molecule has 1 amide bonds. The lowest BCUT2D eigenvalue weighted by Crippen LogP contribution is -2.41. The molecule has 1 aliphatic heterocycles. The number of nitrogens with zero attached hydrogens (tertiary/aromatic N) is 1. The van der Waals surface area contributed by atoms with E-state index in [1.807, 2.05) is 0 Å². The van der Waals surface area contributed by atoms with Crippen LogP contribution in [0.3, 0.4) is 0 Å². The third kappa shape index (κ3) is 3.93. The smallest absolute Gasteiger partial charge is 0.329 e. The number of hydrogen-bond acceptors (Lipinski definition) is 5. The van der Waals surface area contributed by atoms with Crippen LogP contribution in [0.2, 0.25) is 0 Å². The van der Waals surface area contributed by atoms with Gasteiger partial charge in [-0.2, -0.15) is 0 Å². The molecule has 1 aromatic carbocycles. The standard InChI is InChI=1S/C18H16FNO4S/c19-13-7-5-12(6-8-13)15(21)11-24-18(23)14-3-1-9-20(14)17(22)16-4-2-10-25-16/h2,4-8,10,14H,1,3,9,11H2. The number of ketones is 1. The van der Waals surface area contributed by atoms with Gasteiger partial charge in [0, 0.05) is 12.1 Å². The first-order valence-corrected chi connectivity index (χ1v) is 8.74. The predicted molar refractivity (Wildman–Crippen MR) is 90.1 cm³/mol. The number of halogens is 1. The van der Waals surface area contributed by atoms with Crippen molar-refractivity contribution in [3.05, 3.63) is 58.0 Å². The number of esters is 1. The minimum absolute atomic E-state index is 0.195. The van der Waals surface area contributed by atoms with Gasteiger partial charge in [0.1, 0.15) is 11.9 Å². The number of rotatable bonds is 5. The van der Waals surface area contributed by atoms with Crippen LogP contribution in [0, 0.1) is 5.82 Å². The summed E-state index contributed by atoms with van der Waals surface area (Å²) in [6.07, 6.45) is 1.23. The summed E-state index contributed by atoms with van der Waals surface area (Å²) in [4.78, 5) is 38.8. The first-order valence-electron chi connectivity index (χ1n) is 7.86. The van der Waals surface area contributed by atoms with Crippen LogP contribution in [0.25, 0.3) is 0 Å². The molecular formula is C18H16FNO4S. The largest absolute Gasteiger partial charge is 0.456 e. The zero-order valence-electron chi connectivity index (χ0n) is 13.3. The van der Waals surface area contributed by atoms with Crippen molar-refractivity contribution in [1.82, 2.24) is 4.90 Å². The molecule has 2 heterocycles. The van der Waals surface area contributed by atoms with E-state index in [2.05, 4.69) is 0 Å². The van der Waals surface area contributed by atoms with E-state index >= 15 is 0 Å². The lowest BCUT2D eigenvalue weighted by Gasteiger charge is -2.22. The Hall–Kier alpha value is -2.54. The molecule has 0 spiro atoms. The molecule has 25 heavy (non-hydrogen) atoms. The van der Waals surface area contributed by atoms with Gasteiger partial charge < -0.3 is 9.64 Å². The van der Waals surface area contributed by atoms with Crippen molar-refractivity contribution in [3.63, 3.8) is 0 Å². The van der Waals surface area contributed by atoms with Crippen LogP contribution in [-0.2, 0) is 9.53 Å². The van der Waals surface area contributed by atoms with Gasteiger partial charge in [-0.05, 0) is 48.6 Å². The van der Waals surface area contributed by atoms with Gasteiger partial charge in [-0.1, -0.05) is 6.07 Å². The Kier molecular flexibility index (Phi) is 5.23. The monoisotopic (exact) mass is 361 g/mol. The number of carbonyl (C=O) groups is 3. The summed E-state index contributed by atoms with van der Waals surface area (Å²) >= 11 is 1.32. The van der Waals surface area contributed by atoms with Crippen molar-refractivity contribution >= 4 is 29.0 Å². The summed E-state index contributed by atoms with van der Waals surface area (Å²) < 4.78 is 18.0. The Morgan fingerprint density at radius 3 is 2.64 bits per heavy atom. The number of ether oxygens (including phenoxy) is 1. The van der Waals surface area contributed by atoms with E-state index in [1.54, 1.807) is 17.5 Å². The van der Waals surface area contributed by atoms with Crippen molar-refractivity contribution in [2.24, 2.45) is 0 Å². The molecule has 7 heteroatoms. The van der Waals surface area contributed by atoms with Crippen LogP contribution < -0.4 is 0 Å². The van der Waals surface area contributed by atoms with E-state index in [9.17, 15) is 18.8 Å². The number of thiophene rings is 1. The molecule has 130 valence electrons. The molecule has 1 aromatic heterocycles. The van der Waals surface area contributed by atoms with E-state index in [1.165, 1.54) is 40.5 Å². The van der Waals surface area contributed by atoms with Crippen LogP contribution >= 0.6 is 11.3 Å². The highest BCUT2D eigenvalue weighted by molar-refractivity contribution is 7.12. The number of Topliss-reactive ketones (excluding diaryl/α,β-unsaturated/α-hetero) is 1. The molecule has 1 fully saturated rings. The van der Waals surface area contributed by atoms with Crippen LogP contribution in [0.1, 0.15) is 32.9 Å². The predicted octanol–water partition coefficient (Wildman–Crippen LogP) is 2.92. The van der Waals surface area contributed by atoms with E-state index in [4.69, 9.17) is 4.74 Å². The molecule has 0 saturated carbocycles. The number of benzene rings is 1. The fourth-order valence-electron chi connectivity index (χ4n) is 2.75. The molecule has 2 aromatic rings. The van der Waals surface area contributed by atoms with Crippen LogP contribution in [0.4, 0.5) is 4.39 Å². The van der Waals surface area contributed by atoms with Gasteiger partial charge in [0.05, 0.1) is 4.88 Å². The van der Waals surface area contributed by atoms with Crippen LogP contribution in [0.15, 0.2) is 41.8 Å². The second-order valence-electron chi connectivity index (χ2n) is 5.67. The summed E-state index contributed by atoms with van der Waals surface area (Å²) in [7, 11) is 0. The maximum absolute atomic E-state index is 12.9. The minimum atomic E-state index is -0.671. The molecule has 0 N–H and O–H groups in total. The maximum atomic E-state index is 12.9. The quantitative estimate of drug-likeness (QED) is 0.607. The van der Waals surface area contributed by atoms with E-state index in [-0.39, 0.29) is 11.5 Å². The first-order chi connectivity index (χ1) is 12.1. The second-order valence-corrected chi connectivity index (χ2v) is 6.62. The summed E-state index contributed by atoms with van der Waals surface area (Å²) in [5.41, 5.74) is 0.271. The third-order valence-electron chi connectivity index (χ3n) is 4.03. The number of hydrogen-bond donors (Lipinski definition) is 0. The molecule has 1 saturated heterocycles. The van der Waals surface area contributed by atoms with E-state index in [0.29, 0.717) is 24.3 Å². The maximum Gasteiger partial charge on any atom is 0.329 e. The van der Waals surface area contributed by atoms with Gasteiger partial charge in [-0.25, -0.2) is 9.18 Å². The highest BCUT2D eigenvalue weighted by atomic mass is 32.1. The van der Waals surface area contributed by atoms with Gasteiger partial charge in [0.15, 0.2) is 12.4 Å². The third-order valence-corrected chi connectivity index (χ3v) is 4.89. The van der Waals surface area contributed by atoms with Crippen molar-refractivity contribution < 1.29 is 23.5 Å². The molecular weight excluding hydrogens is 345 g/mol. The summed E-state index contributed by atoms with van der Waals surface area (Å²) in [5.74, 6) is -1.64. The fourth-order valence-corrected chi connectivity index (χ4v) is 3.43. The molecule has 0 bridgehead atoms. The molecule has 0 aliphatic carbocycles. The van der Waals surface area contributed by atoms with Gasteiger partial charge in [-0.15, -0.1) is 11.3 Å². The van der Waals surface area contributed by atoms with E-state index < -0.39 is 30.2 Å². The van der Waals surface area contributed by atoms with Crippen molar-refractivity contribution in [2.75, 3.05) is 13.2 Å². The average Bonchev–Trinajstić information content (AvgIpc) is 3.30. The number of likely N-dealkylation sites (tertiary alicyclic amines) is 1. The topological polar surface area (TPSA) is 63.7 Å². The van der Waals surface area contributed by atoms with Crippen molar-refractivity contribution in [1.29, 1.82) is 0 Å². The van der Waals surface area contributed by atoms with Gasteiger partial charge >= 0.3 is 5.97 Å². The molecule has 5 nitrogen and oxygen atoms in total. The molecule has 1 aliphatic rings. The zero-order valence-corrected chi connectivity index (χ0v) is 14.1. The summed E-state index contributed by atoms with van der Waals surface area (Å²) in [6.45, 7) is 0.0599. The van der Waals surface area contributed by atoms with Crippen LogP contribution in [0.5, 0.6) is 0 Å². The molecule has 3 rings (SSSR count). The van der Waals surface area contributed by atoms with Gasteiger partial charge in [-0.3, -0.25) is 9.59 Å². The normalized spacial score (nSPS) is 16.7. The summed E-state index contributed by atoms with van der Waals surface area (Å²) in [5, 5.41) is 1.80. The minimum Gasteiger partial charge on any atom is -0.456 e. The zero-order chi connectivity index (χ0) is 17.8. The SMILES string of the molecule is O=C(COC(=O)C1CCCN1C(=O)c1cccs1)c1ccc(F)cc1. The van der Waals surface area contributed by atoms with Gasteiger partial charge in [0.25, 0.3) is 5.91 Å². The Bertz CT molecular complexity index is 773. The highest BCUT2D eigenvalue weighted by Crippen LogP contribution is 2.23. The Morgan fingerprint density at radius 1 is 1.20 bits per heavy atom. The number of carbonyl (C=O) groups excluding carboxylic acids is 3. The molecule has 1 unspecified atom stereocenters. The fraction of sp³-hybridized carbons (Fsp3) is 0.278. The average molecular weight is 361 g/mol. The van der Waals surface area contributed by atoms with Crippen molar-refractivity contribution in [2.45, 2.75) is 18.9 Å². The lowest BCUT2D eigenvalue weighted by atomic mass is 10.1. The number of amides is 1. The Balaban J connectivity index is 1.59. The molecule has 0 radical (unpaired) electrons. The van der Waals surface area contributed by atoms with Crippen molar-refractivity contribution in [3.8, 4) is 0 Å². The van der Waals surface area contributed by atoms with Gasteiger partial charge in [0.2, 0.25) is 0 Å². The lowest BCUT2D eigenvalue weighted by molar-refractivity contribution is -0.147.